The van der Waals surface area contributed by atoms with E-state index in [0.717, 1.165) is 10.9 Å². The number of H-pyrrole nitrogens is 1. The predicted molar refractivity (Wildman–Crippen MR) is 78.6 cm³/mol. The van der Waals surface area contributed by atoms with Crippen LogP contribution in [-0.2, 0) is 6.61 Å². The number of anilines is 1. The summed E-state index contributed by atoms with van der Waals surface area (Å²) >= 11 is 0. The van der Waals surface area contributed by atoms with Crippen molar-refractivity contribution in [1.82, 2.24) is 4.98 Å². The third-order valence-corrected chi connectivity index (χ3v) is 3.21. The summed E-state index contributed by atoms with van der Waals surface area (Å²) in [4.78, 5) is 15.3. The third-order valence-electron chi connectivity index (χ3n) is 3.21. The molecule has 0 saturated heterocycles. The smallest absolute Gasteiger partial charge is 0.272 e. The summed E-state index contributed by atoms with van der Waals surface area (Å²) in [6.45, 7) is -0.108. The Kier molecular flexibility index (Phi) is 3.23. The largest absolute Gasteiger partial charge is 0.392 e. The molecule has 1 aromatic heterocycles. The number of aliphatic hydroxyl groups excluding tert-OH is 1. The Balaban J connectivity index is 1.89. The van der Waals surface area contributed by atoms with Gasteiger partial charge in [-0.3, -0.25) is 4.79 Å². The van der Waals surface area contributed by atoms with Gasteiger partial charge in [-0.05, 0) is 18.2 Å². The maximum Gasteiger partial charge on any atom is 0.272 e. The minimum atomic E-state index is -0.220. The average Bonchev–Trinajstić information content (AvgIpc) is 2.92. The zero-order chi connectivity index (χ0) is 13.9. The molecule has 3 N–H and O–H groups in total. The molecule has 2 aromatic carbocycles. The van der Waals surface area contributed by atoms with E-state index in [1.807, 2.05) is 42.5 Å². The molecule has 1 amide bonds. The number of amides is 1. The van der Waals surface area contributed by atoms with Gasteiger partial charge in [-0.2, -0.15) is 0 Å². The van der Waals surface area contributed by atoms with Crippen LogP contribution >= 0.6 is 0 Å². The molecule has 0 unspecified atom stereocenters. The molecule has 0 aliphatic carbocycles. The fourth-order valence-corrected chi connectivity index (χ4v) is 2.17. The second-order valence-corrected chi connectivity index (χ2v) is 4.54. The van der Waals surface area contributed by atoms with E-state index in [2.05, 4.69) is 10.3 Å². The summed E-state index contributed by atoms with van der Waals surface area (Å²) in [5.41, 5.74) is 2.74. The zero-order valence-corrected chi connectivity index (χ0v) is 10.8. The molecule has 100 valence electrons. The lowest BCUT2D eigenvalue weighted by molar-refractivity contribution is 0.102. The first-order valence-corrected chi connectivity index (χ1v) is 6.36. The van der Waals surface area contributed by atoms with E-state index in [9.17, 15) is 9.90 Å². The average molecular weight is 266 g/mol. The molecule has 0 bridgehead atoms. The van der Waals surface area contributed by atoms with E-state index in [-0.39, 0.29) is 12.5 Å². The Morgan fingerprint density at radius 3 is 2.65 bits per heavy atom. The molecule has 0 atom stereocenters. The lowest BCUT2D eigenvalue weighted by Crippen LogP contribution is -2.13. The van der Waals surface area contributed by atoms with E-state index in [4.69, 9.17) is 0 Å². The van der Waals surface area contributed by atoms with Crippen molar-refractivity contribution in [1.29, 1.82) is 0 Å². The lowest BCUT2D eigenvalue weighted by Gasteiger charge is -2.08. The van der Waals surface area contributed by atoms with Gasteiger partial charge >= 0.3 is 0 Å². The first-order chi connectivity index (χ1) is 9.78. The number of hydrogen-bond acceptors (Lipinski definition) is 2. The number of fused-ring (bicyclic) bond motifs is 1. The van der Waals surface area contributed by atoms with Crippen molar-refractivity contribution >= 4 is 22.5 Å². The SMILES string of the molecule is O=C(Nc1ccccc1CO)c1cc2ccccc2[nH]1. The maximum absolute atomic E-state index is 12.2. The Labute approximate surface area is 116 Å². The lowest BCUT2D eigenvalue weighted by atomic mass is 10.2. The van der Waals surface area contributed by atoms with Gasteiger partial charge in [-0.15, -0.1) is 0 Å². The quantitative estimate of drug-likeness (QED) is 0.682. The first kappa shape index (κ1) is 12.4. The van der Waals surface area contributed by atoms with Gasteiger partial charge in [-0.25, -0.2) is 0 Å². The number of nitrogens with one attached hydrogen (secondary N) is 2. The van der Waals surface area contributed by atoms with Gasteiger partial charge in [0, 0.05) is 22.2 Å². The molecule has 4 heteroatoms. The normalized spacial score (nSPS) is 10.7. The minimum Gasteiger partial charge on any atom is -0.392 e. The predicted octanol–water partition coefficient (Wildman–Crippen LogP) is 2.91. The summed E-state index contributed by atoms with van der Waals surface area (Å²) in [7, 11) is 0. The highest BCUT2D eigenvalue weighted by Crippen LogP contribution is 2.18. The van der Waals surface area contributed by atoms with Crippen molar-refractivity contribution in [2.45, 2.75) is 6.61 Å². The number of rotatable bonds is 3. The Hall–Kier alpha value is -2.59. The van der Waals surface area contributed by atoms with Crippen molar-refractivity contribution in [3.8, 4) is 0 Å². The summed E-state index contributed by atoms with van der Waals surface area (Å²) in [6.07, 6.45) is 0. The minimum absolute atomic E-state index is 0.108. The number of aliphatic hydroxyl groups is 1. The molecule has 3 rings (SSSR count). The van der Waals surface area contributed by atoms with Crippen molar-refractivity contribution in [2.75, 3.05) is 5.32 Å². The van der Waals surface area contributed by atoms with Crippen LogP contribution in [0.15, 0.2) is 54.6 Å². The molecular weight excluding hydrogens is 252 g/mol. The van der Waals surface area contributed by atoms with E-state index in [1.54, 1.807) is 12.1 Å². The Morgan fingerprint density at radius 2 is 1.85 bits per heavy atom. The van der Waals surface area contributed by atoms with Crippen molar-refractivity contribution < 1.29 is 9.90 Å². The first-order valence-electron chi connectivity index (χ1n) is 6.36. The van der Waals surface area contributed by atoms with Crippen molar-refractivity contribution in [3.05, 3.63) is 65.9 Å². The van der Waals surface area contributed by atoms with Gasteiger partial charge in [0.05, 0.1) is 6.61 Å². The summed E-state index contributed by atoms with van der Waals surface area (Å²) in [6, 6.07) is 16.7. The van der Waals surface area contributed by atoms with Crippen LogP contribution in [0.3, 0.4) is 0 Å². The zero-order valence-electron chi connectivity index (χ0n) is 10.8. The van der Waals surface area contributed by atoms with Crippen LogP contribution in [0.2, 0.25) is 0 Å². The standard InChI is InChI=1S/C16H14N2O2/c19-10-12-6-2-4-8-14(12)18-16(20)15-9-11-5-1-3-7-13(11)17-15/h1-9,17,19H,10H2,(H,18,20). The van der Waals surface area contributed by atoms with E-state index >= 15 is 0 Å². The molecule has 0 fully saturated rings. The molecule has 20 heavy (non-hydrogen) atoms. The molecule has 0 radical (unpaired) electrons. The highest BCUT2D eigenvalue weighted by Gasteiger charge is 2.11. The molecule has 3 aromatic rings. The second-order valence-electron chi connectivity index (χ2n) is 4.54. The maximum atomic E-state index is 12.2. The van der Waals surface area contributed by atoms with Gasteiger partial charge in [0.15, 0.2) is 0 Å². The van der Waals surface area contributed by atoms with Crippen LogP contribution in [0.5, 0.6) is 0 Å². The van der Waals surface area contributed by atoms with Gasteiger partial charge in [0.1, 0.15) is 5.69 Å². The number of carbonyl (C=O) groups is 1. The summed E-state index contributed by atoms with van der Waals surface area (Å²) in [5.74, 6) is -0.220. The third kappa shape index (κ3) is 2.29. The number of hydrogen-bond donors (Lipinski definition) is 3. The van der Waals surface area contributed by atoms with Crippen LogP contribution in [0.25, 0.3) is 10.9 Å². The highest BCUT2D eigenvalue weighted by molar-refractivity contribution is 6.06. The molecule has 4 nitrogen and oxygen atoms in total. The van der Waals surface area contributed by atoms with Crippen LogP contribution in [0.1, 0.15) is 16.1 Å². The van der Waals surface area contributed by atoms with Gasteiger partial charge in [-0.1, -0.05) is 36.4 Å². The molecule has 0 saturated carbocycles. The number of carbonyl (C=O) groups excluding carboxylic acids is 1. The fourth-order valence-electron chi connectivity index (χ4n) is 2.17. The van der Waals surface area contributed by atoms with Crippen LogP contribution in [0.4, 0.5) is 5.69 Å². The van der Waals surface area contributed by atoms with E-state index in [1.165, 1.54) is 0 Å². The van der Waals surface area contributed by atoms with E-state index in [0.29, 0.717) is 16.9 Å². The molecule has 0 spiro atoms. The molecule has 0 aliphatic rings. The van der Waals surface area contributed by atoms with Crippen LogP contribution < -0.4 is 5.32 Å². The van der Waals surface area contributed by atoms with Crippen molar-refractivity contribution in [3.63, 3.8) is 0 Å². The molecule has 0 aliphatic heterocycles. The van der Waals surface area contributed by atoms with Gasteiger partial charge in [0.25, 0.3) is 5.91 Å². The second kappa shape index (κ2) is 5.19. The van der Waals surface area contributed by atoms with E-state index < -0.39 is 0 Å². The summed E-state index contributed by atoms with van der Waals surface area (Å²) < 4.78 is 0. The number of benzene rings is 2. The number of aromatic amines is 1. The highest BCUT2D eigenvalue weighted by atomic mass is 16.3. The number of para-hydroxylation sites is 2. The fraction of sp³-hybridized carbons (Fsp3) is 0.0625. The Morgan fingerprint density at radius 1 is 1.10 bits per heavy atom. The van der Waals surface area contributed by atoms with Gasteiger partial charge < -0.3 is 15.4 Å². The van der Waals surface area contributed by atoms with Crippen LogP contribution in [-0.4, -0.2) is 16.0 Å². The summed E-state index contributed by atoms with van der Waals surface area (Å²) in [5, 5.41) is 13.1. The topological polar surface area (TPSA) is 65.1 Å². The van der Waals surface area contributed by atoms with Crippen molar-refractivity contribution in [2.24, 2.45) is 0 Å². The molecule has 1 heterocycles. The van der Waals surface area contributed by atoms with Crippen LogP contribution in [0, 0.1) is 0 Å². The monoisotopic (exact) mass is 266 g/mol. The molecular formula is C16H14N2O2. The van der Waals surface area contributed by atoms with Gasteiger partial charge in [0.2, 0.25) is 0 Å². The number of aromatic nitrogens is 1. The Bertz CT molecular complexity index is 729.